The van der Waals surface area contributed by atoms with Gasteiger partial charge < -0.3 is 4.74 Å². The van der Waals surface area contributed by atoms with Gasteiger partial charge in [0.15, 0.2) is 0 Å². The van der Waals surface area contributed by atoms with Crippen molar-refractivity contribution in [2.24, 2.45) is 0 Å². The van der Waals surface area contributed by atoms with E-state index >= 15 is 0 Å². The third-order valence-electron chi connectivity index (χ3n) is 2.75. The molecule has 1 aliphatic heterocycles. The minimum absolute atomic E-state index is 0.0188. The van der Waals surface area contributed by atoms with E-state index in [1.165, 1.54) is 0 Å². The van der Waals surface area contributed by atoms with Gasteiger partial charge in [0, 0.05) is 6.61 Å². The van der Waals surface area contributed by atoms with E-state index in [9.17, 15) is 8.42 Å². The summed E-state index contributed by atoms with van der Waals surface area (Å²) in [5, 5.41) is 0.342. The van der Waals surface area contributed by atoms with Crippen LogP contribution in [0.1, 0.15) is 18.5 Å². The van der Waals surface area contributed by atoms with Crippen molar-refractivity contribution in [1.82, 2.24) is 4.98 Å². The van der Waals surface area contributed by atoms with Crippen LogP contribution in [-0.4, -0.2) is 31.9 Å². The van der Waals surface area contributed by atoms with Crippen LogP contribution >= 0.6 is 11.6 Å². The predicted molar refractivity (Wildman–Crippen MR) is 70.4 cm³/mol. The first-order valence-electron chi connectivity index (χ1n) is 5.71. The molecule has 1 aromatic heterocycles. The number of nitrogens with one attached hydrogen (secondary N) is 1. The second-order valence-electron chi connectivity index (χ2n) is 4.29. The number of aromatic nitrogens is 1. The number of anilines is 1. The van der Waals surface area contributed by atoms with Gasteiger partial charge >= 0.3 is 0 Å². The smallest absolute Gasteiger partial charge is 0.235 e. The van der Waals surface area contributed by atoms with Crippen LogP contribution in [0.5, 0.6) is 0 Å². The van der Waals surface area contributed by atoms with E-state index in [1.54, 1.807) is 19.1 Å². The molecule has 1 atom stereocenters. The molecule has 18 heavy (non-hydrogen) atoms. The zero-order chi connectivity index (χ0) is 13.2. The predicted octanol–water partition coefficient (Wildman–Crippen LogP) is 1.96. The molecule has 1 fully saturated rings. The molecule has 0 saturated carbocycles. The van der Waals surface area contributed by atoms with Crippen LogP contribution in [0, 0.1) is 6.92 Å². The average Bonchev–Trinajstić information content (AvgIpc) is 2.74. The Morgan fingerprint density at radius 3 is 2.94 bits per heavy atom. The van der Waals surface area contributed by atoms with Crippen LogP contribution in [0.25, 0.3) is 0 Å². The molecule has 5 nitrogen and oxygen atoms in total. The van der Waals surface area contributed by atoms with Crippen LogP contribution in [0.15, 0.2) is 12.1 Å². The Morgan fingerprint density at radius 2 is 2.33 bits per heavy atom. The standard InChI is InChI=1S/C11H15ClN2O3S/c1-8-10(4-5-11(12)13-8)14-18(15,16)7-9-3-2-6-17-9/h4-5,9,14H,2-3,6-7H2,1H3. The van der Waals surface area contributed by atoms with Crippen molar-refractivity contribution in [2.45, 2.75) is 25.9 Å². The van der Waals surface area contributed by atoms with Crippen molar-refractivity contribution in [1.29, 1.82) is 0 Å². The molecule has 1 unspecified atom stereocenters. The molecule has 100 valence electrons. The van der Waals surface area contributed by atoms with Gasteiger partial charge in [-0.3, -0.25) is 4.72 Å². The number of hydrogen-bond donors (Lipinski definition) is 1. The molecule has 0 spiro atoms. The Morgan fingerprint density at radius 1 is 1.56 bits per heavy atom. The van der Waals surface area contributed by atoms with Crippen LogP contribution in [-0.2, 0) is 14.8 Å². The number of hydrogen-bond acceptors (Lipinski definition) is 4. The number of sulfonamides is 1. The van der Waals surface area contributed by atoms with Gasteiger partial charge in [-0.25, -0.2) is 13.4 Å². The third kappa shape index (κ3) is 3.57. The molecular formula is C11H15ClN2O3S. The first-order valence-corrected chi connectivity index (χ1v) is 7.74. The molecule has 2 rings (SSSR count). The molecule has 0 bridgehead atoms. The molecule has 0 aliphatic carbocycles. The summed E-state index contributed by atoms with van der Waals surface area (Å²) in [6.45, 7) is 2.34. The maximum Gasteiger partial charge on any atom is 0.235 e. The lowest BCUT2D eigenvalue weighted by Gasteiger charge is -2.13. The number of ether oxygens (including phenoxy) is 1. The Hall–Kier alpha value is -0.850. The topological polar surface area (TPSA) is 68.3 Å². The van der Waals surface area contributed by atoms with Crippen LogP contribution < -0.4 is 4.72 Å². The van der Waals surface area contributed by atoms with Gasteiger partial charge in [-0.2, -0.15) is 0 Å². The molecule has 1 N–H and O–H groups in total. The van der Waals surface area contributed by atoms with Gasteiger partial charge in [-0.15, -0.1) is 0 Å². The van der Waals surface area contributed by atoms with E-state index in [-0.39, 0.29) is 11.9 Å². The summed E-state index contributed by atoms with van der Waals surface area (Å²) in [4.78, 5) is 4.00. The van der Waals surface area contributed by atoms with Gasteiger partial charge in [-0.1, -0.05) is 11.6 Å². The Balaban J connectivity index is 2.07. The van der Waals surface area contributed by atoms with E-state index in [2.05, 4.69) is 9.71 Å². The summed E-state index contributed by atoms with van der Waals surface area (Å²) in [5.41, 5.74) is 1.01. The first-order chi connectivity index (χ1) is 8.46. The second-order valence-corrected chi connectivity index (χ2v) is 6.44. The number of nitrogens with zero attached hydrogens (tertiary/aromatic N) is 1. The van der Waals surface area contributed by atoms with Gasteiger partial charge in [0.2, 0.25) is 10.0 Å². The lowest BCUT2D eigenvalue weighted by atomic mass is 10.3. The zero-order valence-electron chi connectivity index (χ0n) is 10.0. The van der Waals surface area contributed by atoms with Crippen molar-refractivity contribution >= 4 is 27.3 Å². The highest BCUT2D eigenvalue weighted by Gasteiger charge is 2.23. The Labute approximate surface area is 112 Å². The van der Waals surface area contributed by atoms with Crippen molar-refractivity contribution in [3.8, 4) is 0 Å². The summed E-state index contributed by atoms with van der Waals surface area (Å²) in [5.74, 6) is -0.0188. The number of halogens is 1. The first kappa shape index (κ1) is 13.6. The number of rotatable bonds is 4. The molecule has 2 heterocycles. The van der Waals surface area contributed by atoms with E-state index in [0.29, 0.717) is 23.1 Å². The minimum atomic E-state index is -3.41. The molecule has 1 aliphatic rings. The Kier molecular flexibility index (Phi) is 4.09. The molecule has 1 aromatic rings. The van der Waals surface area contributed by atoms with Crippen molar-refractivity contribution in [2.75, 3.05) is 17.1 Å². The summed E-state index contributed by atoms with van der Waals surface area (Å²) >= 11 is 5.72. The van der Waals surface area contributed by atoms with E-state index < -0.39 is 10.0 Å². The molecule has 0 amide bonds. The zero-order valence-corrected chi connectivity index (χ0v) is 11.6. The maximum atomic E-state index is 11.9. The van der Waals surface area contributed by atoms with Crippen LogP contribution in [0.4, 0.5) is 5.69 Å². The monoisotopic (exact) mass is 290 g/mol. The largest absolute Gasteiger partial charge is 0.377 e. The molecule has 1 saturated heterocycles. The number of aryl methyl sites for hydroxylation is 1. The van der Waals surface area contributed by atoms with Crippen LogP contribution in [0.2, 0.25) is 5.15 Å². The van der Waals surface area contributed by atoms with Gasteiger partial charge in [-0.05, 0) is 31.9 Å². The molecule has 0 aromatic carbocycles. The SMILES string of the molecule is Cc1nc(Cl)ccc1NS(=O)(=O)CC1CCCO1. The molecule has 7 heteroatoms. The number of pyridine rings is 1. The summed E-state index contributed by atoms with van der Waals surface area (Å²) < 4.78 is 31.7. The highest BCUT2D eigenvalue weighted by Crippen LogP contribution is 2.19. The van der Waals surface area contributed by atoms with E-state index in [0.717, 1.165) is 12.8 Å². The lowest BCUT2D eigenvalue weighted by Crippen LogP contribution is -2.26. The normalized spacial score (nSPS) is 20.0. The van der Waals surface area contributed by atoms with Gasteiger partial charge in [0.05, 0.1) is 23.2 Å². The average molecular weight is 291 g/mol. The quantitative estimate of drug-likeness (QED) is 0.861. The summed E-state index contributed by atoms with van der Waals surface area (Å²) in [7, 11) is -3.41. The van der Waals surface area contributed by atoms with Crippen molar-refractivity contribution in [3.63, 3.8) is 0 Å². The van der Waals surface area contributed by atoms with Gasteiger partial charge in [0.25, 0.3) is 0 Å². The van der Waals surface area contributed by atoms with Crippen molar-refractivity contribution in [3.05, 3.63) is 23.0 Å². The fourth-order valence-corrected chi connectivity index (χ4v) is 3.44. The van der Waals surface area contributed by atoms with Crippen LogP contribution in [0.3, 0.4) is 0 Å². The highest BCUT2D eigenvalue weighted by molar-refractivity contribution is 7.92. The van der Waals surface area contributed by atoms with E-state index in [1.807, 2.05) is 0 Å². The fraction of sp³-hybridized carbons (Fsp3) is 0.545. The minimum Gasteiger partial charge on any atom is -0.377 e. The third-order valence-corrected chi connectivity index (χ3v) is 4.30. The maximum absolute atomic E-state index is 11.9. The van der Waals surface area contributed by atoms with Crippen molar-refractivity contribution < 1.29 is 13.2 Å². The Bertz CT molecular complexity index is 527. The lowest BCUT2D eigenvalue weighted by molar-refractivity contribution is 0.127. The van der Waals surface area contributed by atoms with E-state index in [4.69, 9.17) is 16.3 Å². The highest BCUT2D eigenvalue weighted by atomic mass is 35.5. The van der Waals surface area contributed by atoms with Gasteiger partial charge in [0.1, 0.15) is 5.15 Å². The fourth-order valence-electron chi connectivity index (χ4n) is 1.87. The summed E-state index contributed by atoms with van der Waals surface area (Å²) in [6.07, 6.45) is 1.50. The summed E-state index contributed by atoms with van der Waals surface area (Å²) in [6, 6.07) is 3.16. The second kappa shape index (κ2) is 5.42. The molecular weight excluding hydrogens is 276 g/mol. The molecule has 0 radical (unpaired) electrons.